The van der Waals surface area contributed by atoms with Crippen molar-refractivity contribution in [2.24, 2.45) is 0 Å². The molecule has 1 fully saturated rings. The Kier molecular flexibility index (Phi) is 6.60. The molecule has 1 saturated heterocycles. The molecule has 2 aliphatic heterocycles. The maximum Gasteiger partial charge on any atom is 0.313 e. The van der Waals surface area contributed by atoms with Crippen molar-refractivity contribution in [1.29, 1.82) is 0 Å². The summed E-state index contributed by atoms with van der Waals surface area (Å²) in [5.41, 5.74) is 1.48. The van der Waals surface area contributed by atoms with Crippen LogP contribution in [-0.4, -0.2) is 68.2 Å². The second-order valence-electron chi connectivity index (χ2n) is 7.64. The molecule has 2 aromatic rings. The van der Waals surface area contributed by atoms with Gasteiger partial charge in [0.15, 0.2) is 11.5 Å². The fourth-order valence-corrected chi connectivity index (χ4v) is 3.93. The molecule has 164 valence electrons. The minimum atomic E-state index is -0.731. The Morgan fingerprint density at radius 3 is 2.58 bits per heavy atom. The van der Waals surface area contributed by atoms with Gasteiger partial charge >= 0.3 is 11.8 Å². The van der Waals surface area contributed by atoms with Gasteiger partial charge in [0.25, 0.3) is 0 Å². The predicted octanol–water partition coefficient (Wildman–Crippen LogP) is 2.11. The van der Waals surface area contributed by atoms with Gasteiger partial charge in [-0.3, -0.25) is 14.5 Å². The van der Waals surface area contributed by atoms with Crippen molar-refractivity contribution in [2.45, 2.75) is 6.04 Å². The van der Waals surface area contributed by atoms with E-state index in [1.165, 1.54) is 0 Å². The second-order valence-corrected chi connectivity index (χ2v) is 8.08. The molecule has 9 heteroatoms. The number of ether oxygens (including phenoxy) is 2. The molecule has 4 rings (SSSR count). The third-order valence-electron chi connectivity index (χ3n) is 5.50. The molecule has 2 aliphatic rings. The van der Waals surface area contributed by atoms with E-state index in [-0.39, 0.29) is 12.8 Å². The number of anilines is 1. The first-order valence-corrected chi connectivity index (χ1v) is 10.5. The lowest BCUT2D eigenvalue weighted by Gasteiger charge is -2.38. The lowest BCUT2D eigenvalue weighted by atomic mass is 10.0. The number of halogens is 1. The summed E-state index contributed by atoms with van der Waals surface area (Å²) in [6.45, 7) is 4.10. The first-order chi connectivity index (χ1) is 15.0. The zero-order chi connectivity index (χ0) is 21.8. The van der Waals surface area contributed by atoms with Crippen LogP contribution in [0.4, 0.5) is 5.69 Å². The van der Waals surface area contributed by atoms with Crippen LogP contribution < -0.4 is 20.1 Å². The van der Waals surface area contributed by atoms with Gasteiger partial charge in [0.05, 0.1) is 6.04 Å². The van der Waals surface area contributed by atoms with Crippen LogP contribution in [0.5, 0.6) is 11.5 Å². The topological polar surface area (TPSA) is 83.1 Å². The number of rotatable bonds is 5. The number of benzene rings is 2. The van der Waals surface area contributed by atoms with E-state index in [4.69, 9.17) is 21.1 Å². The highest BCUT2D eigenvalue weighted by Gasteiger charge is 2.27. The Morgan fingerprint density at radius 1 is 1.03 bits per heavy atom. The van der Waals surface area contributed by atoms with Crippen LogP contribution >= 0.6 is 11.6 Å². The number of hydrogen-bond acceptors (Lipinski definition) is 6. The van der Waals surface area contributed by atoms with Crippen molar-refractivity contribution in [3.8, 4) is 11.5 Å². The molecule has 2 N–H and O–H groups in total. The van der Waals surface area contributed by atoms with Gasteiger partial charge in [-0.15, -0.1) is 0 Å². The van der Waals surface area contributed by atoms with Crippen LogP contribution in [0.2, 0.25) is 5.02 Å². The molecule has 1 atom stereocenters. The summed E-state index contributed by atoms with van der Waals surface area (Å²) in [5.74, 6) is -0.0163. The van der Waals surface area contributed by atoms with E-state index in [1.54, 1.807) is 24.3 Å². The highest BCUT2D eigenvalue weighted by Crippen LogP contribution is 2.35. The number of nitrogens with one attached hydrogen (secondary N) is 2. The SMILES string of the molecule is CN1CCN([C@H](CNC(=O)C(=O)Nc2cccc(Cl)c2)c2ccc3c(c2)OCO3)CC1. The first kappa shape index (κ1) is 21.4. The Hall–Kier alpha value is -2.81. The molecule has 2 heterocycles. The van der Waals surface area contributed by atoms with Gasteiger partial charge in [-0.1, -0.05) is 23.7 Å². The molecule has 0 unspecified atom stereocenters. The van der Waals surface area contributed by atoms with Crippen LogP contribution in [0, 0.1) is 0 Å². The molecule has 0 spiro atoms. The van der Waals surface area contributed by atoms with Gasteiger partial charge < -0.3 is 25.0 Å². The van der Waals surface area contributed by atoms with Crippen molar-refractivity contribution in [2.75, 3.05) is 51.9 Å². The summed E-state index contributed by atoms with van der Waals surface area (Å²) >= 11 is 5.94. The summed E-state index contributed by atoms with van der Waals surface area (Å²) in [6, 6.07) is 12.4. The van der Waals surface area contributed by atoms with Gasteiger partial charge in [0, 0.05) is 43.4 Å². The monoisotopic (exact) mass is 444 g/mol. The molecule has 0 radical (unpaired) electrons. The number of amides is 2. The van der Waals surface area contributed by atoms with Crippen molar-refractivity contribution in [1.82, 2.24) is 15.1 Å². The smallest absolute Gasteiger partial charge is 0.313 e. The minimum absolute atomic E-state index is 0.0916. The molecule has 2 amide bonds. The van der Waals surface area contributed by atoms with Crippen LogP contribution in [0.3, 0.4) is 0 Å². The molecule has 31 heavy (non-hydrogen) atoms. The molecule has 8 nitrogen and oxygen atoms in total. The number of nitrogens with zero attached hydrogens (tertiary/aromatic N) is 2. The van der Waals surface area contributed by atoms with E-state index in [0.717, 1.165) is 31.7 Å². The number of carbonyl (C=O) groups excluding carboxylic acids is 2. The summed E-state index contributed by atoms with van der Waals surface area (Å²) in [7, 11) is 2.09. The van der Waals surface area contributed by atoms with E-state index >= 15 is 0 Å². The average molecular weight is 445 g/mol. The molecule has 0 saturated carbocycles. The molecule has 0 aliphatic carbocycles. The number of piperazine rings is 1. The first-order valence-electron chi connectivity index (χ1n) is 10.2. The normalized spacial score (nSPS) is 17.2. The summed E-state index contributed by atoms with van der Waals surface area (Å²) in [5, 5.41) is 5.84. The van der Waals surface area contributed by atoms with E-state index in [1.807, 2.05) is 18.2 Å². The quantitative estimate of drug-likeness (QED) is 0.687. The number of likely N-dealkylation sites (N-methyl/N-ethyl adjacent to an activating group) is 1. The average Bonchev–Trinajstić information content (AvgIpc) is 3.23. The van der Waals surface area contributed by atoms with Crippen LogP contribution in [0.15, 0.2) is 42.5 Å². The zero-order valence-corrected chi connectivity index (χ0v) is 18.0. The number of hydrogen-bond donors (Lipinski definition) is 2. The lowest BCUT2D eigenvalue weighted by Crippen LogP contribution is -2.49. The predicted molar refractivity (Wildman–Crippen MR) is 117 cm³/mol. The summed E-state index contributed by atoms with van der Waals surface area (Å²) in [4.78, 5) is 29.4. The largest absolute Gasteiger partial charge is 0.454 e. The minimum Gasteiger partial charge on any atom is -0.454 e. The van der Waals surface area contributed by atoms with Gasteiger partial charge in [0.2, 0.25) is 6.79 Å². The Bertz CT molecular complexity index is 962. The van der Waals surface area contributed by atoms with E-state index < -0.39 is 11.8 Å². The third kappa shape index (κ3) is 5.28. The highest BCUT2D eigenvalue weighted by molar-refractivity contribution is 6.39. The van der Waals surface area contributed by atoms with Crippen molar-refractivity contribution in [3.05, 3.63) is 53.1 Å². The third-order valence-corrected chi connectivity index (χ3v) is 5.74. The van der Waals surface area contributed by atoms with E-state index in [0.29, 0.717) is 28.8 Å². The highest BCUT2D eigenvalue weighted by atomic mass is 35.5. The Morgan fingerprint density at radius 2 is 1.81 bits per heavy atom. The van der Waals surface area contributed by atoms with Crippen LogP contribution in [-0.2, 0) is 9.59 Å². The maximum absolute atomic E-state index is 12.5. The Balaban J connectivity index is 1.44. The molecule has 0 bridgehead atoms. The number of carbonyl (C=O) groups is 2. The second kappa shape index (κ2) is 9.55. The standard InChI is InChI=1S/C22H25ClN4O4/c1-26-7-9-27(10-8-26)18(15-5-6-19-20(11-15)31-14-30-19)13-24-21(28)22(29)25-17-4-2-3-16(23)12-17/h2-6,11-12,18H,7-10,13-14H2,1H3,(H,24,28)(H,25,29)/t18-/m1/s1. The van der Waals surface area contributed by atoms with E-state index in [9.17, 15) is 9.59 Å². The van der Waals surface area contributed by atoms with Gasteiger partial charge in [-0.05, 0) is 42.9 Å². The van der Waals surface area contributed by atoms with Crippen LogP contribution in [0.25, 0.3) is 0 Å². The Labute approximate surface area is 186 Å². The fraction of sp³-hybridized carbons (Fsp3) is 0.364. The molecular formula is C22H25ClN4O4. The summed E-state index contributed by atoms with van der Waals surface area (Å²) < 4.78 is 10.9. The number of fused-ring (bicyclic) bond motifs is 1. The van der Waals surface area contributed by atoms with Gasteiger partial charge in [-0.2, -0.15) is 0 Å². The summed E-state index contributed by atoms with van der Waals surface area (Å²) in [6.07, 6.45) is 0. The molecule has 0 aromatic heterocycles. The van der Waals surface area contributed by atoms with Crippen LogP contribution in [0.1, 0.15) is 11.6 Å². The fourth-order valence-electron chi connectivity index (χ4n) is 3.74. The van der Waals surface area contributed by atoms with Gasteiger partial charge in [-0.25, -0.2) is 0 Å². The maximum atomic E-state index is 12.5. The van der Waals surface area contributed by atoms with E-state index in [2.05, 4.69) is 27.5 Å². The van der Waals surface area contributed by atoms with Crippen molar-refractivity contribution >= 4 is 29.1 Å². The molecule has 2 aromatic carbocycles. The van der Waals surface area contributed by atoms with Crippen molar-refractivity contribution in [3.63, 3.8) is 0 Å². The zero-order valence-electron chi connectivity index (χ0n) is 17.3. The van der Waals surface area contributed by atoms with Crippen molar-refractivity contribution < 1.29 is 19.1 Å². The lowest BCUT2D eigenvalue weighted by molar-refractivity contribution is -0.136. The van der Waals surface area contributed by atoms with Gasteiger partial charge in [0.1, 0.15) is 0 Å². The molecular weight excluding hydrogens is 420 g/mol.